The van der Waals surface area contributed by atoms with Gasteiger partial charge in [0.2, 0.25) is 0 Å². The number of carbonyl (C=O) groups excluding carboxylic acids is 1. The van der Waals surface area contributed by atoms with Crippen molar-refractivity contribution >= 4 is 29.4 Å². The Bertz CT molecular complexity index is 1030. The van der Waals surface area contributed by atoms with E-state index in [4.69, 9.17) is 11.6 Å². The monoisotopic (exact) mass is 383 g/mol. The number of nitrogens with one attached hydrogen (secondary N) is 1. The quantitative estimate of drug-likeness (QED) is 0.413. The summed E-state index contributed by atoms with van der Waals surface area (Å²) in [6.07, 6.45) is 1.39. The first-order valence-corrected chi connectivity index (χ1v) is 8.23. The van der Waals surface area contributed by atoms with Crippen molar-refractivity contribution in [1.29, 1.82) is 0 Å². The molecule has 0 atom stereocenters. The van der Waals surface area contributed by atoms with Crippen LogP contribution in [0, 0.1) is 17.0 Å². The molecule has 136 valence electrons. The molecule has 27 heavy (non-hydrogen) atoms. The normalized spacial score (nSPS) is 10.9. The molecule has 3 aromatic rings. The number of nitro benzene ring substituents is 1. The average molecular weight is 384 g/mol. The standard InChI is InChI=1S/C18H14ClN5O3/c1-12-16(17(19)23(22-12)14-7-3-2-4-8-14)11-20-21-18(25)13-6-5-9-15(10-13)24(26)27/h2-11H,1H3,(H,21,25)/b20-11-. The summed E-state index contributed by atoms with van der Waals surface area (Å²) in [4.78, 5) is 22.3. The van der Waals surface area contributed by atoms with Crippen LogP contribution in [0.4, 0.5) is 5.69 Å². The fraction of sp³-hybridized carbons (Fsp3) is 0.0556. The third kappa shape index (κ3) is 4.01. The van der Waals surface area contributed by atoms with Crippen LogP contribution in [0.1, 0.15) is 21.6 Å². The number of benzene rings is 2. The molecule has 0 saturated carbocycles. The summed E-state index contributed by atoms with van der Waals surface area (Å²) in [5, 5.41) is 19.4. The summed E-state index contributed by atoms with van der Waals surface area (Å²) in [6.45, 7) is 1.77. The fourth-order valence-electron chi connectivity index (χ4n) is 2.38. The van der Waals surface area contributed by atoms with Gasteiger partial charge in [-0.25, -0.2) is 10.1 Å². The summed E-state index contributed by atoms with van der Waals surface area (Å²) < 4.78 is 1.57. The summed E-state index contributed by atoms with van der Waals surface area (Å²) >= 11 is 6.37. The zero-order chi connectivity index (χ0) is 19.4. The first-order valence-electron chi connectivity index (χ1n) is 7.86. The van der Waals surface area contributed by atoms with Crippen molar-refractivity contribution in [2.45, 2.75) is 6.92 Å². The van der Waals surface area contributed by atoms with Gasteiger partial charge in [0.25, 0.3) is 11.6 Å². The van der Waals surface area contributed by atoms with Crippen LogP contribution in [0.5, 0.6) is 0 Å². The largest absolute Gasteiger partial charge is 0.271 e. The zero-order valence-electron chi connectivity index (χ0n) is 14.2. The van der Waals surface area contributed by atoms with Crippen LogP contribution >= 0.6 is 11.6 Å². The maximum absolute atomic E-state index is 12.1. The Morgan fingerprint density at radius 1 is 1.26 bits per heavy atom. The van der Waals surface area contributed by atoms with Gasteiger partial charge in [-0.3, -0.25) is 14.9 Å². The molecule has 0 unspecified atom stereocenters. The van der Waals surface area contributed by atoms with Gasteiger partial charge in [-0.2, -0.15) is 10.2 Å². The van der Waals surface area contributed by atoms with E-state index in [1.165, 1.54) is 30.5 Å². The van der Waals surface area contributed by atoms with Gasteiger partial charge in [-0.1, -0.05) is 35.9 Å². The molecule has 0 saturated heterocycles. The third-order valence-corrected chi connectivity index (χ3v) is 4.09. The molecule has 0 aliphatic rings. The van der Waals surface area contributed by atoms with E-state index in [0.29, 0.717) is 16.4 Å². The van der Waals surface area contributed by atoms with Crippen LogP contribution in [0.2, 0.25) is 5.15 Å². The lowest BCUT2D eigenvalue weighted by Crippen LogP contribution is -2.17. The molecule has 2 aromatic carbocycles. The van der Waals surface area contributed by atoms with Crippen LogP contribution < -0.4 is 5.43 Å². The van der Waals surface area contributed by atoms with Gasteiger partial charge in [-0.05, 0) is 25.1 Å². The van der Waals surface area contributed by atoms with Crippen LogP contribution in [0.15, 0.2) is 59.7 Å². The summed E-state index contributed by atoms with van der Waals surface area (Å²) in [5.41, 5.74) is 4.28. The van der Waals surface area contributed by atoms with E-state index in [1.54, 1.807) is 11.6 Å². The Hall–Kier alpha value is -3.52. The first-order chi connectivity index (χ1) is 13.0. The molecule has 9 heteroatoms. The molecule has 8 nitrogen and oxygen atoms in total. The number of carbonyl (C=O) groups is 1. The molecular weight excluding hydrogens is 370 g/mol. The van der Waals surface area contributed by atoms with E-state index in [2.05, 4.69) is 15.6 Å². The molecule has 3 rings (SSSR count). The lowest BCUT2D eigenvalue weighted by atomic mass is 10.2. The van der Waals surface area contributed by atoms with E-state index in [1.807, 2.05) is 30.3 Å². The van der Waals surface area contributed by atoms with Crippen molar-refractivity contribution in [3.8, 4) is 5.69 Å². The molecule has 0 aliphatic carbocycles. The van der Waals surface area contributed by atoms with Gasteiger partial charge >= 0.3 is 0 Å². The van der Waals surface area contributed by atoms with E-state index < -0.39 is 10.8 Å². The molecule has 1 aromatic heterocycles. The van der Waals surface area contributed by atoms with Crippen LogP contribution in [-0.4, -0.2) is 26.8 Å². The van der Waals surface area contributed by atoms with Crippen molar-refractivity contribution in [1.82, 2.24) is 15.2 Å². The highest BCUT2D eigenvalue weighted by Crippen LogP contribution is 2.21. The number of hydrogen-bond donors (Lipinski definition) is 1. The molecular formula is C18H14ClN5O3. The van der Waals surface area contributed by atoms with Crippen LogP contribution in [0.3, 0.4) is 0 Å². The van der Waals surface area contributed by atoms with E-state index >= 15 is 0 Å². The third-order valence-electron chi connectivity index (χ3n) is 3.73. The second-order valence-electron chi connectivity index (χ2n) is 5.54. The van der Waals surface area contributed by atoms with Crippen molar-refractivity contribution in [2.24, 2.45) is 5.10 Å². The minimum Gasteiger partial charge on any atom is -0.267 e. The van der Waals surface area contributed by atoms with Gasteiger partial charge in [0.05, 0.1) is 28.1 Å². The van der Waals surface area contributed by atoms with Gasteiger partial charge in [0.1, 0.15) is 5.15 Å². The number of nitro groups is 1. The van der Waals surface area contributed by atoms with Crippen molar-refractivity contribution < 1.29 is 9.72 Å². The minimum absolute atomic E-state index is 0.129. The minimum atomic E-state index is -0.570. The van der Waals surface area contributed by atoms with Crippen molar-refractivity contribution in [3.63, 3.8) is 0 Å². The van der Waals surface area contributed by atoms with Crippen molar-refractivity contribution in [3.05, 3.63) is 86.7 Å². The molecule has 0 radical (unpaired) electrons. The topological polar surface area (TPSA) is 102 Å². The van der Waals surface area contributed by atoms with Gasteiger partial charge in [0, 0.05) is 17.7 Å². The predicted octanol–water partition coefficient (Wildman–Crippen LogP) is 3.51. The number of aryl methyl sites for hydroxylation is 1. The Labute approximate surface area is 159 Å². The Kier molecular flexibility index (Phi) is 5.28. The number of amides is 1. The highest BCUT2D eigenvalue weighted by atomic mass is 35.5. The molecule has 0 aliphatic heterocycles. The zero-order valence-corrected chi connectivity index (χ0v) is 14.9. The molecule has 0 bridgehead atoms. The van der Waals surface area contributed by atoms with E-state index in [0.717, 1.165) is 5.69 Å². The molecule has 1 heterocycles. The number of hydrazone groups is 1. The lowest BCUT2D eigenvalue weighted by Gasteiger charge is -2.02. The van der Waals surface area contributed by atoms with Crippen LogP contribution in [-0.2, 0) is 0 Å². The van der Waals surface area contributed by atoms with Crippen LogP contribution in [0.25, 0.3) is 5.69 Å². The summed E-state index contributed by atoms with van der Waals surface area (Å²) in [5.74, 6) is -0.570. The highest BCUT2D eigenvalue weighted by Gasteiger charge is 2.14. The molecule has 1 N–H and O–H groups in total. The second-order valence-corrected chi connectivity index (χ2v) is 5.90. The Morgan fingerprint density at radius 3 is 2.70 bits per heavy atom. The second kappa shape index (κ2) is 7.79. The first kappa shape index (κ1) is 18.3. The maximum Gasteiger partial charge on any atom is 0.271 e. The van der Waals surface area contributed by atoms with Gasteiger partial charge < -0.3 is 0 Å². The number of nitrogens with zero attached hydrogens (tertiary/aromatic N) is 4. The van der Waals surface area contributed by atoms with Gasteiger partial charge in [0.15, 0.2) is 0 Å². The Morgan fingerprint density at radius 2 is 2.00 bits per heavy atom. The number of halogens is 1. The van der Waals surface area contributed by atoms with E-state index in [-0.39, 0.29) is 11.3 Å². The summed E-state index contributed by atoms with van der Waals surface area (Å²) in [6, 6.07) is 14.7. The van der Waals surface area contributed by atoms with E-state index in [9.17, 15) is 14.9 Å². The fourth-order valence-corrected chi connectivity index (χ4v) is 2.70. The number of non-ortho nitro benzene ring substituents is 1. The molecule has 0 spiro atoms. The predicted molar refractivity (Wildman–Crippen MR) is 101 cm³/mol. The number of para-hydroxylation sites is 1. The SMILES string of the molecule is Cc1nn(-c2ccccc2)c(Cl)c1/C=N\NC(=O)c1cccc([N+](=O)[O-])c1. The number of hydrogen-bond acceptors (Lipinski definition) is 5. The van der Waals surface area contributed by atoms with Gasteiger partial charge in [-0.15, -0.1) is 0 Å². The highest BCUT2D eigenvalue weighted by molar-refractivity contribution is 6.32. The number of rotatable bonds is 5. The average Bonchev–Trinajstić information content (AvgIpc) is 2.97. The molecule has 1 amide bonds. The summed E-state index contributed by atoms with van der Waals surface area (Å²) in [7, 11) is 0. The smallest absolute Gasteiger partial charge is 0.267 e. The Balaban J connectivity index is 1.77. The molecule has 0 fully saturated rings. The lowest BCUT2D eigenvalue weighted by molar-refractivity contribution is -0.384. The maximum atomic E-state index is 12.1. The van der Waals surface area contributed by atoms with Crippen molar-refractivity contribution in [2.75, 3.05) is 0 Å². The number of aromatic nitrogens is 2.